The number of rotatable bonds is 5. The molecular formula is C33H29FN4. The normalized spacial score (nSPS) is 14.4. The summed E-state index contributed by atoms with van der Waals surface area (Å²) in [6, 6.07) is 23.7. The van der Waals surface area contributed by atoms with Crippen LogP contribution in [0, 0.1) is 11.7 Å². The first-order valence-corrected chi connectivity index (χ1v) is 13.5. The number of aromatic amines is 2. The molecule has 0 saturated heterocycles. The molecule has 0 aliphatic heterocycles. The Labute approximate surface area is 221 Å². The standard InChI is InChI=1S/C33H29FN4/c34-26-9-4-8-24(16-26)27-10-5-11-30-28(27)18-32(36-30)33-29-17-23(12-13-31(29)37-38-33)25-15-22(19-35-20-25)14-21-6-2-1-3-7-21/h4-5,8-13,15-21,36H,1-3,6-7,14H2,(H,37,38). The van der Waals surface area contributed by atoms with Crippen molar-refractivity contribution in [3.05, 3.63) is 96.6 Å². The minimum atomic E-state index is -0.238. The van der Waals surface area contributed by atoms with Crippen LogP contribution in [0.25, 0.3) is 55.4 Å². The van der Waals surface area contributed by atoms with E-state index in [2.05, 4.69) is 50.5 Å². The van der Waals surface area contributed by atoms with Gasteiger partial charge < -0.3 is 4.98 Å². The number of halogens is 1. The third-order valence-corrected chi connectivity index (χ3v) is 8.00. The maximum Gasteiger partial charge on any atom is 0.123 e. The molecule has 0 atom stereocenters. The van der Waals surface area contributed by atoms with Gasteiger partial charge in [0.05, 0.1) is 11.2 Å². The molecule has 3 aromatic heterocycles. The lowest BCUT2D eigenvalue weighted by Crippen LogP contribution is -2.09. The predicted molar refractivity (Wildman–Crippen MR) is 152 cm³/mol. The van der Waals surface area contributed by atoms with Gasteiger partial charge in [0.25, 0.3) is 0 Å². The van der Waals surface area contributed by atoms with Crippen molar-refractivity contribution in [2.45, 2.75) is 38.5 Å². The number of aromatic nitrogens is 4. The van der Waals surface area contributed by atoms with Crippen LogP contribution < -0.4 is 0 Å². The van der Waals surface area contributed by atoms with Crippen molar-refractivity contribution in [1.82, 2.24) is 20.2 Å². The molecule has 4 nitrogen and oxygen atoms in total. The van der Waals surface area contributed by atoms with Crippen LogP contribution in [0.5, 0.6) is 0 Å². The molecule has 38 heavy (non-hydrogen) atoms. The van der Waals surface area contributed by atoms with Crippen molar-refractivity contribution in [2.75, 3.05) is 0 Å². The highest BCUT2D eigenvalue weighted by Crippen LogP contribution is 2.36. The quantitative estimate of drug-likeness (QED) is 0.249. The molecule has 3 heterocycles. The summed E-state index contributed by atoms with van der Waals surface area (Å²) in [6.07, 6.45) is 11.9. The minimum Gasteiger partial charge on any atom is -0.353 e. The van der Waals surface area contributed by atoms with Crippen LogP contribution >= 0.6 is 0 Å². The summed E-state index contributed by atoms with van der Waals surface area (Å²) in [5.74, 6) is 0.543. The van der Waals surface area contributed by atoms with E-state index in [0.29, 0.717) is 0 Å². The van der Waals surface area contributed by atoms with Gasteiger partial charge in [-0.2, -0.15) is 5.10 Å². The summed E-state index contributed by atoms with van der Waals surface area (Å²) in [5, 5.41) is 9.97. The number of nitrogens with one attached hydrogen (secondary N) is 2. The van der Waals surface area contributed by atoms with Crippen molar-refractivity contribution < 1.29 is 4.39 Å². The number of pyridine rings is 1. The molecule has 5 heteroatoms. The van der Waals surface area contributed by atoms with E-state index < -0.39 is 0 Å². The van der Waals surface area contributed by atoms with Gasteiger partial charge in [-0.3, -0.25) is 10.1 Å². The van der Waals surface area contributed by atoms with Gasteiger partial charge in [-0.05, 0) is 77.1 Å². The van der Waals surface area contributed by atoms with Gasteiger partial charge in [0.15, 0.2) is 0 Å². The van der Waals surface area contributed by atoms with E-state index in [0.717, 1.165) is 67.8 Å². The van der Waals surface area contributed by atoms with E-state index in [1.54, 1.807) is 12.1 Å². The molecule has 0 amide bonds. The smallest absolute Gasteiger partial charge is 0.123 e. The summed E-state index contributed by atoms with van der Waals surface area (Å²) in [7, 11) is 0. The highest BCUT2D eigenvalue weighted by Gasteiger charge is 2.16. The molecule has 0 spiro atoms. The molecular weight excluding hydrogens is 471 g/mol. The first kappa shape index (κ1) is 22.9. The van der Waals surface area contributed by atoms with Crippen molar-refractivity contribution in [3.8, 4) is 33.6 Å². The number of H-pyrrole nitrogens is 2. The number of fused-ring (bicyclic) bond motifs is 2. The van der Waals surface area contributed by atoms with Gasteiger partial charge in [-0.25, -0.2) is 4.39 Å². The lowest BCUT2D eigenvalue weighted by atomic mass is 9.85. The molecule has 2 N–H and O–H groups in total. The molecule has 1 fully saturated rings. The lowest BCUT2D eigenvalue weighted by Gasteiger charge is -2.21. The van der Waals surface area contributed by atoms with Crippen LogP contribution in [0.3, 0.4) is 0 Å². The van der Waals surface area contributed by atoms with Crippen LogP contribution in [0.15, 0.2) is 85.2 Å². The van der Waals surface area contributed by atoms with E-state index >= 15 is 0 Å². The first-order chi connectivity index (χ1) is 18.7. The molecule has 3 aromatic carbocycles. The van der Waals surface area contributed by atoms with Gasteiger partial charge in [0.2, 0.25) is 0 Å². The molecule has 0 unspecified atom stereocenters. The molecule has 1 saturated carbocycles. The van der Waals surface area contributed by atoms with Crippen LogP contribution in [0.1, 0.15) is 37.7 Å². The average Bonchev–Trinajstić information content (AvgIpc) is 3.57. The Bertz CT molecular complexity index is 1760. The second kappa shape index (κ2) is 9.56. The van der Waals surface area contributed by atoms with Gasteiger partial charge in [0.1, 0.15) is 11.5 Å². The molecule has 0 bridgehead atoms. The van der Waals surface area contributed by atoms with E-state index in [1.165, 1.54) is 43.7 Å². The largest absolute Gasteiger partial charge is 0.353 e. The van der Waals surface area contributed by atoms with Crippen molar-refractivity contribution in [1.29, 1.82) is 0 Å². The van der Waals surface area contributed by atoms with Crippen molar-refractivity contribution in [2.24, 2.45) is 5.92 Å². The Kier molecular flexibility index (Phi) is 5.77. The fourth-order valence-corrected chi connectivity index (χ4v) is 6.07. The molecule has 188 valence electrons. The number of benzene rings is 3. The zero-order valence-electron chi connectivity index (χ0n) is 21.2. The fraction of sp³-hybridized carbons (Fsp3) is 0.212. The highest BCUT2D eigenvalue weighted by atomic mass is 19.1. The number of hydrogen-bond acceptors (Lipinski definition) is 2. The molecule has 6 aromatic rings. The summed E-state index contributed by atoms with van der Waals surface area (Å²) < 4.78 is 13.9. The molecule has 7 rings (SSSR count). The lowest BCUT2D eigenvalue weighted by molar-refractivity contribution is 0.356. The van der Waals surface area contributed by atoms with Crippen LogP contribution in [-0.4, -0.2) is 20.2 Å². The Morgan fingerprint density at radius 1 is 0.763 bits per heavy atom. The Balaban J connectivity index is 1.26. The second-order valence-corrected chi connectivity index (χ2v) is 10.6. The summed E-state index contributed by atoms with van der Waals surface area (Å²) in [5.41, 5.74) is 9.22. The monoisotopic (exact) mass is 500 g/mol. The number of nitrogens with zero attached hydrogens (tertiary/aromatic N) is 2. The molecule has 0 radical (unpaired) electrons. The van der Waals surface area contributed by atoms with Crippen LogP contribution in [0.2, 0.25) is 0 Å². The Hall–Kier alpha value is -4.25. The number of hydrogen-bond donors (Lipinski definition) is 2. The zero-order chi connectivity index (χ0) is 25.5. The third-order valence-electron chi connectivity index (χ3n) is 8.00. The molecule has 1 aliphatic rings. The first-order valence-electron chi connectivity index (χ1n) is 13.5. The predicted octanol–water partition coefficient (Wildman–Crippen LogP) is 8.70. The maximum absolute atomic E-state index is 13.9. The Morgan fingerprint density at radius 3 is 2.55 bits per heavy atom. The van der Waals surface area contributed by atoms with Gasteiger partial charge >= 0.3 is 0 Å². The van der Waals surface area contributed by atoms with Crippen molar-refractivity contribution >= 4 is 21.8 Å². The van der Waals surface area contributed by atoms with Gasteiger partial charge in [0, 0.05) is 34.2 Å². The van der Waals surface area contributed by atoms with Gasteiger partial charge in [-0.15, -0.1) is 0 Å². The topological polar surface area (TPSA) is 57.4 Å². The summed E-state index contributed by atoms with van der Waals surface area (Å²) in [6.45, 7) is 0. The van der Waals surface area contributed by atoms with Crippen LogP contribution in [0.4, 0.5) is 4.39 Å². The minimum absolute atomic E-state index is 0.238. The van der Waals surface area contributed by atoms with Gasteiger partial charge in [-0.1, -0.05) is 62.4 Å². The summed E-state index contributed by atoms with van der Waals surface area (Å²) in [4.78, 5) is 8.13. The van der Waals surface area contributed by atoms with E-state index in [4.69, 9.17) is 0 Å². The maximum atomic E-state index is 13.9. The SMILES string of the molecule is Fc1cccc(-c2cccc3[nH]c(-c4n[nH]c5ccc(-c6cncc(CC7CCCCC7)c6)cc45)cc23)c1. The van der Waals surface area contributed by atoms with Crippen molar-refractivity contribution in [3.63, 3.8) is 0 Å². The van der Waals surface area contributed by atoms with E-state index in [9.17, 15) is 4.39 Å². The van der Waals surface area contributed by atoms with E-state index in [-0.39, 0.29) is 5.82 Å². The Morgan fingerprint density at radius 2 is 1.66 bits per heavy atom. The summed E-state index contributed by atoms with van der Waals surface area (Å²) >= 11 is 0. The average molecular weight is 501 g/mol. The highest BCUT2D eigenvalue weighted by molar-refractivity contribution is 6.01. The van der Waals surface area contributed by atoms with E-state index in [1.807, 2.05) is 36.7 Å². The second-order valence-electron chi connectivity index (χ2n) is 10.6. The zero-order valence-corrected chi connectivity index (χ0v) is 21.2. The molecule has 1 aliphatic carbocycles. The van der Waals surface area contributed by atoms with Crippen LogP contribution in [-0.2, 0) is 6.42 Å². The third kappa shape index (κ3) is 4.28. The fourth-order valence-electron chi connectivity index (χ4n) is 6.07.